The number of hydrogen-bond donors (Lipinski definition) is 2. The summed E-state index contributed by atoms with van der Waals surface area (Å²) in [5, 5.41) is 5.37. The van der Waals surface area contributed by atoms with Crippen molar-refractivity contribution >= 4 is 26.3 Å². The number of hydrogen-bond acceptors (Lipinski definition) is 7. The molecule has 40 heavy (non-hydrogen) atoms. The fraction of sp³-hybridized carbons (Fsp3) is 0.633. The Morgan fingerprint density at radius 2 is 1.65 bits per heavy atom. The Bertz CT molecular complexity index is 1140. The number of nitrogens with one attached hydrogen (secondary N) is 2. The molecule has 224 valence electrons. The average molecular weight is 577 g/mol. The number of carbonyl (C=O) groups excluding carboxylic acids is 3. The Hall–Kier alpha value is -3.01. The second-order valence-electron chi connectivity index (χ2n) is 12.8. The first-order chi connectivity index (χ1) is 18.4. The SMILES string of the molecule is COc1c(C)c2c(c(O[Si](C)(C)C(C)(C)C)c1C/C=C(\C)CCC(=O)NCCNC(=O)OC(C)(C)C)C(=O)OC2. The van der Waals surface area contributed by atoms with Gasteiger partial charge in [-0.05, 0) is 71.2 Å². The molecule has 0 unspecified atom stereocenters. The van der Waals surface area contributed by atoms with Crippen LogP contribution < -0.4 is 19.8 Å². The van der Waals surface area contributed by atoms with Gasteiger partial charge in [-0.15, -0.1) is 0 Å². The van der Waals surface area contributed by atoms with Crippen LogP contribution in [0.25, 0.3) is 0 Å². The minimum atomic E-state index is -2.30. The van der Waals surface area contributed by atoms with Crippen molar-refractivity contribution in [1.29, 1.82) is 0 Å². The number of ether oxygens (including phenoxy) is 3. The van der Waals surface area contributed by atoms with E-state index in [1.165, 1.54) is 0 Å². The Labute approximate surface area is 240 Å². The quantitative estimate of drug-likeness (QED) is 0.144. The summed E-state index contributed by atoms with van der Waals surface area (Å²) >= 11 is 0. The standard InChI is InChI=1S/C30H48N2O7Si/c1-19(13-15-23(33)31-16-17-32-28(35)38-29(3,4)5)12-14-21-25(36-9)20(2)22-18-37-27(34)24(22)26(21)39-40(10,11)30(6,7)8/h12H,13-18H2,1-11H3,(H,31,33)(H,32,35)/b19-12+. The predicted molar refractivity (Wildman–Crippen MR) is 159 cm³/mol. The van der Waals surface area contributed by atoms with Crippen molar-refractivity contribution in [3.05, 3.63) is 33.9 Å². The van der Waals surface area contributed by atoms with Crippen LogP contribution in [0.3, 0.4) is 0 Å². The topological polar surface area (TPSA) is 112 Å². The average Bonchev–Trinajstić information content (AvgIpc) is 3.21. The van der Waals surface area contributed by atoms with Crippen molar-refractivity contribution in [2.24, 2.45) is 0 Å². The Morgan fingerprint density at radius 3 is 2.23 bits per heavy atom. The summed E-state index contributed by atoms with van der Waals surface area (Å²) in [5.74, 6) is 0.791. The summed E-state index contributed by atoms with van der Waals surface area (Å²) in [6.45, 7) is 20.9. The van der Waals surface area contributed by atoms with E-state index < -0.39 is 20.0 Å². The molecule has 2 N–H and O–H groups in total. The highest BCUT2D eigenvalue weighted by Gasteiger charge is 2.42. The van der Waals surface area contributed by atoms with Crippen molar-refractivity contribution < 1.29 is 33.0 Å². The molecule has 1 aromatic carbocycles. The van der Waals surface area contributed by atoms with Crippen molar-refractivity contribution in [3.8, 4) is 11.5 Å². The van der Waals surface area contributed by atoms with Gasteiger partial charge in [0.15, 0.2) is 0 Å². The molecular weight excluding hydrogens is 528 g/mol. The Balaban J connectivity index is 2.13. The minimum Gasteiger partial charge on any atom is -0.543 e. The van der Waals surface area contributed by atoms with Gasteiger partial charge in [-0.1, -0.05) is 32.4 Å². The summed E-state index contributed by atoms with van der Waals surface area (Å²) in [5.41, 5.74) is 3.48. The molecule has 2 amide bonds. The smallest absolute Gasteiger partial charge is 0.407 e. The van der Waals surface area contributed by atoms with E-state index in [0.29, 0.717) is 42.9 Å². The fourth-order valence-corrected chi connectivity index (χ4v) is 5.03. The maximum Gasteiger partial charge on any atom is 0.407 e. The number of rotatable bonds is 11. The van der Waals surface area contributed by atoms with Gasteiger partial charge in [-0.3, -0.25) is 4.79 Å². The van der Waals surface area contributed by atoms with Crippen LogP contribution in [0.2, 0.25) is 18.1 Å². The lowest BCUT2D eigenvalue weighted by Crippen LogP contribution is -2.44. The van der Waals surface area contributed by atoms with E-state index in [9.17, 15) is 14.4 Å². The lowest BCUT2D eigenvalue weighted by atomic mass is 9.94. The lowest BCUT2D eigenvalue weighted by Gasteiger charge is -2.37. The summed E-state index contributed by atoms with van der Waals surface area (Å²) in [6, 6.07) is 0. The summed E-state index contributed by atoms with van der Waals surface area (Å²) in [7, 11) is -0.666. The normalized spacial score (nSPS) is 13.9. The van der Waals surface area contributed by atoms with Crippen molar-refractivity contribution in [2.75, 3.05) is 20.2 Å². The van der Waals surface area contributed by atoms with Crippen molar-refractivity contribution in [3.63, 3.8) is 0 Å². The van der Waals surface area contributed by atoms with Crippen LogP contribution in [0.15, 0.2) is 11.6 Å². The van der Waals surface area contributed by atoms with Crippen molar-refractivity contribution in [2.45, 2.75) is 105 Å². The molecule has 1 aliphatic rings. The molecule has 0 saturated heterocycles. The molecule has 10 heteroatoms. The third-order valence-electron chi connectivity index (χ3n) is 7.31. The molecule has 0 bridgehead atoms. The van der Waals surface area contributed by atoms with E-state index >= 15 is 0 Å². The summed E-state index contributed by atoms with van der Waals surface area (Å²) in [4.78, 5) is 36.9. The van der Waals surface area contributed by atoms with Crippen LogP contribution in [-0.4, -0.2) is 52.1 Å². The largest absolute Gasteiger partial charge is 0.543 e. The van der Waals surface area contributed by atoms with E-state index in [0.717, 1.165) is 22.3 Å². The molecule has 9 nitrogen and oxygen atoms in total. The maximum absolute atomic E-state index is 12.8. The minimum absolute atomic E-state index is 0.0701. The number of methoxy groups -OCH3 is 1. The van der Waals surface area contributed by atoms with Crippen LogP contribution in [0.5, 0.6) is 11.5 Å². The molecular formula is C30H48N2O7Si. The molecule has 0 aromatic heterocycles. The third kappa shape index (κ3) is 8.74. The van der Waals surface area contributed by atoms with E-state index in [4.69, 9.17) is 18.6 Å². The van der Waals surface area contributed by atoms with Gasteiger partial charge in [0, 0.05) is 30.6 Å². The van der Waals surface area contributed by atoms with Crippen LogP contribution in [-0.2, 0) is 27.3 Å². The number of carbonyl (C=O) groups is 3. The molecule has 0 spiro atoms. The Morgan fingerprint density at radius 1 is 1.02 bits per heavy atom. The Kier molecular flexibility index (Phi) is 10.9. The zero-order valence-corrected chi connectivity index (χ0v) is 27.2. The van der Waals surface area contributed by atoms with Crippen LogP contribution >= 0.6 is 0 Å². The zero-order valence-electron chi connectivity index (χ0n) is 26.2. The number of amides is 2. The highest BCUT2D eigenvalue weighted by atomic mass is 28.4. The van der Waals surface area contributed by atoms with Gasteiger partial charge in [0.05, 0.1) is 7.11 Å². The first kappa shape index (κ1) is 33.2. The number of allylic oxidation sites excluding steroid dienone is 2. The molecule has 0 fully saturated rings. The van der Waals surface area contributed by atoms with Gasteiger partial charge >= 0.3 is 12.1 Å². The van der Waals surface area contributed by atoms with E-state index in [1.807, 2.05) is 13.8 Å². The molecule has 1 aromatic rings. The highest BCUT2D eigenvalue weighted by Crippen LogP contribution is 2.46. The van der Waals surface area contributed by atoms with Crippen molar-refractivity contribution in [1.82, 2.24) is 10.6 Å². The molecule has 0 atom stereocenters. The first-order valence-corrected chi connectivity index (χ1v) is 16.8. The van der Waals surface area contributed by atoms with Gasteiger partial charge in [0.2, 0.25) is 5.91 Å². The summed E-state index contributed by atoms with van der Waals surface area (Å²) in [6.07, 6.45) is 2.91. The van der Waals surface area contributed by atoms with Crippen LogP contribution in [0, 0.1) is 6.92 Å². The molecule has 0 radical (unpaired) electrons. The monoisotopic (exact) mass is 576 g/mol. The fourth-order valence-electron chi connectivity index (χ4n) is 3.99. The molecule has 0 saturated carbocycles. The van der Waals surface area contributed by atoms with E-state index in [1.54, 1.807) is 27.9 Å². The van der Waals surface area contributed by atoms with Gasteiger partial charge in [-0.25, -0.2) is 9.59 Å². The highest BCUT2D eigenvalue weighted by molar-refractivity contribution is 6.74. The van der Waals surface area contributed by atoms with Crippen LogP contribution in [0.4, 0.5) is 4.79 Å². The first-order valence-electron chi connectivity index (χ1n) is 13.9. The molecule has 1 aliphatic heterocycles. The number of esters is 1. The third-order valence-corrected chi connectivity index (χ3v) is 11.6. The lowest BCUT2D eigenvalue weighted by molar-refractivity contribution is -0.121. The van der Waals surface area contributed by atoms with Crippen LogP contribution in [0.1, 0.15) is 88.4 Å². The van der Waals surface area contributed by atoms with Gasteiger partial charge < -0.3 is 29.3 Å². The maximum atomic E-state index is 12.8. The number of fused-ring (bicyclic) bond motifs is 1. The number of benzene rings is 1. The molecule has 1 heterocycles. The van der Waals surface area contributed by atoms with E-state index in [2.05, 4.69) is 50.6 Å². The van der Waals surface area contributed by atoms with E-state index in [-0.39, 0.29) is 30.1 Å². The van der Waals surface area contributed by atoms with Gasteiger partial charge in [0.1, 0.15) is 29.3 Å². The number of alkyl carbamates (subject to hydrolysis) is 1. The second kappa shape index (κ2) is 13.1. The number of cyclic esters (lactones) is 1. The second-order valence-corrected chi connectivity index (χ2v) is 17.5. The van der Waals surface area contributed by atoms with Gasteiger partial charge in [-0.2, -0.15) is 0 Å². The predicted octanol–water partition coefficient (Wildman–Crippen LogP) is 5.97. The molecule has 0 aliphatic carbocycles. The zero-order chi connectivity index (χ0) is 30.5. The van der Waals surface area contributed by atoms with Gasteiger partial charge in [0.25, 0.3) is 8.32 Å². The molecule has 2 rings (SSSR count). The summed E-state index contributed by atoms with van der Waals surface area (Å²) < 4.78 is 23.2.